The lowest BCUT2D eigenvalue weighted by Gasteiger charge is -2.10. The van der Waals surface area contributed by atoms with Crippen LogP contribution in [0.2, 0.25) is 0 Å². The van der Waals surface area contributed by atoms with Crippen molar-refractivity contribution in [3.63, 3.8) is 0 Å². The number of carbonyl (C=O) groups excluding carboxylic acids is 1. The molecule has 0 fully saturated rings. The van der Waals surface area contributed by atoms with Gasteiger partial charge in [0.2, 0.25) is 6.41 Å². The molecule has 0 heterocycles. The highest BCUT2D eigenvalue weighted by Gasteiger charge is 2.08. The number of nitrogens with one attached hydrogen (secondary N) is 1. The molecular weight excluding hydrogens is 214 g/mol. The summed E-state index contributed by atoms with van der Waals surface area (Å²) in [6.07, 6.45) is 1.78. The van der Waals surface area contributed by atoms with E-state index in [0.29, 0.717) is 6.41 Å². The fourth-order valence-corrected chi connectivity index (χ4v) is 1.83. The van der Waals surface area contributed by atoms with Crippen LogP contribution >= 0.6 is 0 Å². The van der Waals surface area contributed by atoms with E-state index in [2.05, 4.69) is 5.32 Å². The van der Waals surface area contributed by atoms with Crippen LogP contribution in [0.25, 0.3) is 0 Å². The zero-order chi connectivity index (χ0) is 11.5. The topological polar surface area (TPSA) is 63.2 Å². The van der Waals surface area contributed by atoms with Crippen molar-refractivity contribution in [2.45, 2.75) is 17.9 Å². The maximum atomic E-state index is 11.2. The van der Waals surface area contributed by atoms with E-state index in [4.69, 9.17) is 0 Å². The largest absolute Gasteiger partial charge is 0.352 e. The van der Waals surface area contributed by atoms with Gasteiger partial charge in [0, 0.05) is 6.26 Å². The van der Waals surface area contributed by atoms with Crippen LogP contribution in [0, 0.1) is 0 Å². The van der Waals surface area contributed by atoms with Crippen molar-refractivity contribution in [1.82, 2.24) is 5.32 Å². The van der Waals surface area contributed by atoms with E-state index in [1.165, 1.54) is 12.1 Å². The highest BCUT2D eigenvalue weighted by atomic mass is 32.2. The highest BCUT2D eigenvalue weighted by Crippen LogP contribution is 2.15. The quantitative estimate of drug-likeness (QED) is 0.777. The summed E-state index contributed by atoms with van der Waals surface area (Å²) in [5, 5.41) is 2.59. The molecule has 0 aromatic heterocycles. The Morgan fingerprint density at radius 2 is 1.80 bits per heavy atom. The van der Waals surface area contributed by atoms with Gasteiger partial charge in [-0.15, -0.1) is 0 Å². The number of rotatable bonds is 4. The summed E-state index contributed by atoms with van der Waals surface area (Å²) in [5.74, 6) is 0. The van der Waals surface area contributed by atoms with Crippen molar-refractivity contribution >= 4 is 16.2 Å². The molecule has 1 aromatic carbocycles. The Kier molecular flexibility index (Phi) is 3.47. The molecule has 82 valence electrons. The van der Waals surface area contributed by atoms with Crippen LogP contribution in [-0.4, -0.2) is 21.1 Å². The Labute approximate surface area is 89.2 Å². The van der Waals surface area contributed by atoms with Crippen LogP contribution in [0.1, 0.15) is 18.5 Å². The third-order valence-electron chi connectivity index (χ3n) is 2.13. The van der Waals surface area contributed by atoms with Crippen LogP contribution in [0.15, 0.2) is 29.2 Å². The molecule has 1 rings (SSSR count). The minimum Gasteiger partial charge on any atom is -0.352 e. The lowest BCUT2D eigenvalue weighted by molar-refractivity contribution is -0.110. The van der Waals surface area contributed by atoms with Gasteiger partial charge in [-0.1, -0.05) is 12.1 Å². The van der Waals surface area contributed by atoms with Crippen LogP contribution < -0.4 is 5.32 Å². The Balaban J connectivity index is 2.95. The number of hydrogen-bond acceptors (Lipinski definition) is 3. The predicted octanol–water partition coefficient (Wildman–Crippen LogP) is 0.897. The van der Waals surface area contributed by atoms with Gasteiger partial charge in [-0.05, 0) is 24.6 Å². The molecule has 1 N–H and O–H groups in total. The van der Waals surface area contributed by atoms with Crippen molar-refractivity contribution < 1.29 is 13.2 Å². The molecule has 4 nitrogen and oxygen atoms in total. The lowest BCUT2D eigenvalue weighted by atomic mass is 10.1. The maximum absolute atomic E-state index is 11.2. The number of hydrogen-bond donors (Lipinski definition) is 1. The summed E-state index contributed by atoms with van der Waals surface area (Å²) in [6.45, 7) is 1.82. The Bertz CT molecular complexity index is 436. The van der Waals surface area contributed by atoms with Gasteiger partial charge in [-0.2, -0.15) is 0 Å². The van der Waals surface area contributed by atoms with Gasteiger partial charge in [-0.3, -0.25) is 4.79 Å². The van der Waals surface area contributed by atoms with E-state index >= 15 is 0 Å². The number of benzene rings is 1. The Morgan fingerprint density at radius 1 is 1.27 bits per heavy atom. The van der Waals surface area contributed by atoms with Gasteiger partial charge in [0.1, 0.15) is 0 Å². The summed E-state index contributed by atoms with van der Waals surface area (Å²) in [6, 6.07) is 6.34. The van der Waals surface area contributed by atoms with Crippen LogP contribution in [0.4, 0.5) is 0 Å². The average Bonchev–Trinajstić information content (AvgIpc) is 2.17. The first-order chi connectivity index (χ1) is 6.95. The summed E-state index contributed by atoms with van der Waals surface area (Å²) in [4.78, 5) is 10.5. The minimum absolute atomic E-state index is 0.115. The molecule has 5 heteroatoms. The normalized spacial score (nSPS) is 13.2. The summed E-state index contributed by atoms with van der Waals surface area (Å²) in [7, 11) is -3.15. The fourth-order valence-electron chi connectivity index (χ4n) is 1.20. The molecule has 15 heavy (non-hydrogen) atoms. The van der Waals surface area contributed by atoms with Gasteiger partial charge < -0.3 is 5.32 Å². The monoisotopic (exact) mass is 227 g/mol. The first-order valence-corrected chi connectivity index (χ1v) is 6.34. The number of sulfone groups is 1. The maximum Gasteiger partial charge on any atom is 0.207 e. The van der Waals surface area contributed by atoms with Crippen molar-refractivity contribution in [2.24, 2.45) is 0 Å². The predicted molar refractivity (Wildman–Crippen MR) is 57.2 cm³/mol. The zero-order valence-electron chi connectivity index (χ0n) is 8.60. The third-order valence-corrected chi connectivity index (χ3v) is 3.25. The van der Waals surface area contributed by atoms with Crippen molar-refractivity contribution in [1.29, 1.82) is 0 Å². The smallest absolute Gasteiger partial charge is 0.207 e. The Hall–Kier alpha value is -1.36. The lowest BCUT2D eigenvalue weighted by Crippen LogP contribution is -2.16. The van der Waals surface area contributed by atoms with Crippen molar-refractivity contribution in [3.05, 3.63) is 29.8 Å². The van der Waals surface area contributed by atoms with Gasteiger partial charge in [0.15, 0.2) is 9.84 Å². The molecular formula is C10H13NO3S. The van der Waals surface area contributed by atoms with Crippen molar-refractivity contribution in [2.75, 3.05) is 6.26 Å². The molecule has 0 radical (unpaired) electrons. The molecule has 1 amide bonds. The SMILES string of the molecule is CC(NC=O)c1ccc(S(C)(=O)=O)cc1. The van der Waals surface area contributed by atoms with E-state index in [-0.39, 0.29) is 10.9 Å². The van der Waals surface area contributed by atoms with Crippen LogP contribution in [-0.2, 0) is 14.6 Å². The highest BCUT2D eigenvalue weighted by molar-refractivity contribution is 7.90. The second kappa shape index (κ2) is 4.44. The summed E-state index contributed by atoms with van der Waals surface area (Å²) in [5.41, 5.74) is 0.870. The first-order valence-electron chi connectivity index (χ1n) is 4.45. The molecule has 1 aromatic rings. The van der Waals surface area contributed by atoms with Gasteiger partial charge >= 0.3 is 0 Å². The van der Waals surface area contributed by atoms with E-state index in [9.17, 15) is 13.2 Å². The molecule has 0 bridgehead atoms. The van der Waals surface area contributed by atoms with Crippen molar-refractivity contribution in [3.8, 4) is 0 Å². The van der Waals surface area contributed by atoms with Crippen LogP contribution in [0.5, 0.6) is 0 Å². The van der Waals surface area contributed by atoms with E-state index in [0.717, 1.165) is 11.8 Å². The fraction of sp³-hybridized carbons (Fsp3) is 0.300. The second-order valence-electron chi connectivity index (χ2n) is 3.35. The average molecular weight is 227 g/mol. The molecule has 1 atom stereocenters. The minimum atomic E-state index is -3.15. The van der Waals surface area contributed by atoms with E-state index in [1.54, 1.807) is 12.1 Å². The number of carbonyl (C=O) groups is 1. The molecule has 0 aliphatic rings. The standard InChI is InChI=1S/C10H13NO3S/c1-8(11-7-12)9-3-5-10(6-4-9)15(2,13)14/h3-8H,1-2H3,(H,11,12). The molecule has 0 aliphatic heterocycles. The molecule has 0 saturated heterocycles. The van der Waals surface area contributed by atoms with E-state index < -0.39 is 9.84 Å². The zero-order valence-corrected chi connectivity index (χ0v) is 9.41. The third kappa shape index (κ3) is 3.06. The van der Waals surface area contributed by atoms with Gasteiger partial charge in [-0.25, -0.2) is 8.42 Å². The molecule has 0 aliphatic carbocycles. The summed E-state index contributed by atoms with van der Waals surface area (Å²) < 4.78 is 22.3. The van der Waals surface area contributed by atoms with E-state index in [1.807, 2.05) is 6.92 Å². The molecule has 1 unspecified atom stereocenters. The second-order valence-corrected chi connectivity index (χ2v) is 5.36. The number of amides is 1. The van der Waals surface area contributed by atoms with Gasteiger partial charge in [0.25, 0.3) is 0 Å². The van der Waals surface area contributed by atoms with Crippen LogP contribution in [0.3, 0.4) is 0 Å². The van der Waals surface area contributed by atoms with Gasteiger partial charge in [0.05, 0.1) is 10.9 Å². The Morgan fingerprint density at radius 3 is 2.20 bits per heavy atom. The molecule has 0 saturated carbocycles. The molecule has 0 spiro atoms. The first kappa shape index (κ1) is 11.7. The summed E-state index contributed by atoms with van der Waals surface area (Å²) >= 11 is 0.